The fourth-order valence-corrected chi connectivity index (χ4v) is 5.83. The van der Waals surface area contributed by atoms with Gasteiger partial charge in [-0.2, -0.15) is 0 Å². The quantitative estimate of drug-likeness (QED) is 0.258. The Morgan fingerprint density at radius 3 is 2.62 bits per heavy atom. The lowest BCUT2D eigenvalue weighted by Gasteiger charge is -2.41. The molecule has 2 aromatic carbocycles. The molecule has 3 aromatic rings. The number of ether oxygens (including phenoxy) is 1. The fraction of sp³-hybridized carbons (Fsp3) is 0.484. The van der Waals surface area contributed by atoms with Gasteiger partial charge >= 0.3 is 0 Å². The molecule has 208 valence electrons. The Morgan fingerprint density at radius 2 is 1.82 bits per heavy atom. The number of H-pyrrole nitrogens is 1. The Hall–Kier alpha value is -3.20. The molecule has 1 atom stereocenters. The molecule has 0 aliphatic carbocycles. The zero-order valence-electron chi connectivity index (χ0n) is 23.5. The summed E-state index contributed by atoms with van der Waals surface area (Å²) >= 11 is 0. The van der Waals surface area contributed by atoms with Crippen molar-refractivity contribution in [3.8, 4) is 0 Å². The summed E-state index contributed by atoms with van der Waals surface area (Å²) in [6.45, 7) is 14.1. The molecule has 0 bridgehead atoms. The number of oxime groups is 1. The zero-order chi connectivity index (χ0) is 27.2. The minimum atomic E-state index is 0.0568. The summed E-state index contributed by atoms with van der Waals surface area (Å²) in [4.78, 5) is 29.7. The summed E-state index contributed by atoms with van der Waals surface area (Å²) in [5.41, 5.74) is 6.33. The molecule has 1 N–H and O–H groups in total. The average Bonchev–Trinajstić information content (AvgIpc) is 3.34. The minimum absolute atomic E-state index is 0.0568. The van der Waals surface area contributed by atoms with E-state index in [1.54, 1.807) is 0 Å². The number of carbonyl (C=O) groups excluding carboxylic acids is 1. The maximum absolute atomic E-state index is 13.8. The number of piperazine rings is 1. The van der Waals surface area contributed by atoms with Crippen LogP contribution in [0.25, 0.3) is 10.9 Å². The number of nitrogens with one attached hydrogen (secondary N) is 1. The van der Waals surface area contributed by atoms with E-state index in [4.69, 9.17) is 9.57 Å². The highest BCUT2D eigenvalue weighted by Crippen LogP contribution is 2.24. The summed E-state index contributed by atoms with van der Waals surface area (Å²) in [6.07, 6.45) is 2.89. The number of hydrogen-bond acceptors (Lipinski definition) is 6. The number of hydrogen-bond donors (Lipinski definition) is 1. The van der Waals surface area contributed by atoms with Gasteiger partial charge in [0.2, 0.25) is 0 Å². The average molecular weight is 532 g/mol. The van der Waals surface area contributed by atoms with Gasteiger partial charge in [-0.1, -0.05) is 40.5 Å². The van der Waals surface area contributed by atoms with Crippen LogP contribution in [0.3, 0.4) is 0 Å². The van der Waals surface area contributed by atoms with E-state index in [2.05, 4.69) is 69.1 Å². The molecule has 2 saturated heterocycles. The van der Waals surface area contributed by atoms with E-state index in [1.807, 2.05) is 25.1 Å². The Bertz CT molecular complexity index is 1280. The number of aromatic amines is 1. The molecular weight excluding hydrogens is 490 g/mol. The number of fused-ring (bicyclic) bond motifs is 1. The van der Waals surface area contributed by atoms with Crippen LogP contribution in [0.1, 0.15) is 34.0 Å². The van der Waals surface area contributed by atoms with Gasteiger partial charge in [0.1, 0.15) is 6.61 Å². The first kappa shape index (κ1) is 27.4. The molecule has 5 rings (SSSR count). The lowest BCUT2D eigenvalue weighted by molar-refractivity contribution is 0.0209. The van der Waals surface area contributed by atoms with Crippen molar-refractivity contribution in [3.63, 3.8) is 0 Å². The van der Waals surface area contributed by atoms with Gasteiger partial charge in [0.05, 0.1) is 18.9 Å². The summed E-state index contributed by atoms with van der Waals surface area (Å²) in [5, 5.41) is 5.62. The van der Waals surface area contributed by atoms with Gasteiger partial charge in [-0.3, -0.25) is 14.6 Å². The van der Waals surface area contributed by atoms with Gasteiger partial charge < -0.3 is 19.5 Å². The summed E-state index contributed by atoms with van der Waals surface area (Å²) in [5.74, 6) is 0.114. The Morgan fingerprint density at radius 1 is 1.05 bits per heavy atom. The van der Waals surface area contributed by atoms with Gasteiger partial charge in [-0.05, 0) is 51.0 Å². The van der Waals surface area contributed by atoms with E-state index in [0.29, 0.717) is 13.2 Å². The first-order chi connectivity index (χ1) is 19.0. The molecule has 8 nitrogen and oxygen atoms in total. The van der Waals surface area contributed by atoms with E-state index >= 15 is 0 Å². The van der Waals surface area contributed by atoms with Crippen LogP contribution in [0.15, 0.2) is 53.8 Å². The van der Waals surface area contributed by atoms with E-state index in [1.165, 1.54) is 10.9 Å². The predicted octanol–water partition coefficient (Wildman–Crippen LogP) is 3.88. The lowest BCUT2D eigenvalue weighted by Crippen LogP contribution is -2.56. The standard InChI is InChI=1S/C31H41N5O3/c1-23-16-24(2)18-26(17-23)31(37)36-9-8-35(21-25(3)33-39-15-12-34-10-13-38-14-11-34)22-28(36)19-27-20-32-30-7-5-4-6-29(27)30/h4-7,16-18,20,28,32H,8-15,19,21-22H2,1-3H3/t28-/m1/s1. The largest absolute Gasteiger partial charge is 0.394 e. The van der Waals surface area contributed by atoms with Crippen LogP contribution in [-0.4, -0.2) is 103 Å². The molecule has 1 amide bonds. The Labute approximate surface area is 231 Å². The normalized spacial score (nSPS) is 19.5. The first-order valence-electron chi connectivity index (χ1n) is 14.1. The van der Waals surface area contributed by atoms with Crippen molar-refractivity contribution in [2.75, 3.05) is 65.6 Å². The van der Waals surface area contributed by atoms with Crippen molar-refractivity contribution in [2.24, 2.45) is 5.16 Å². The second-order valence-corrected chi connectivity index (χ2v) is 10.9. The maximum atomic E-state index is 13.8. The van der Waals surface area contributed by atoms with Crippen molar-refractivity contribution in [1.29, 1.82) is 0 Å². The van der Waals surface area contributed by atoms with Crippen LogP contribution in [0.2, 0.25) is 0 Å². The van der Waals surface area contributed by atoms with Crippen LogP contribution in [-0.2, 0) is 16.0 Å². The highest BCUT2D eigenvalue weighted by atomic mass is 16.6. The zero-order valence-corrected chi connectivity index (χ0v) is 23.5. The van der Waals surface area contributed by atoms with Crippen LogP contribution in [0.4, 0.5) is 0 Å². The van der Waals surface area contributed by atoms with Crippen molar-refractivity contribution in [2.45, 2.75) is 33.2 Å². The SMILES string of the molecule is CC(CN1CCN(C(=O)c2cc(C)cc(C)c2)[C@H](Cc2c[nH]c3ccccc23)C1)=NOCCN1CCOCC1. The molecule has 1 aromatic heterocycles. The van der Waals surface area contributed by atoms with Crippen LogP contribution in [0, 0.1) is 13.8 Å². The third kappa shape index (κ3) is 7.06. The number of aromatic nitrogens is 1. The third-order valence-electron chi connectivity index (χ3n) is 7.70. The first-order valence-corrected chi connectivity index (χ1v) is 14.1. The minimum Gasteiger partial charge on any atom is -0.394 e. The van der Waals surface area contributed by atoms with Gasteiger partial charge in [0, 0.05) is 74.5 Å². The van der Waals surface area contributed by atoms with Gasteiger partial charge in [-0.15, -0.1) is 0 Å². The van der Waals surface area contributed by atoms with E-state index in [0.717, 1.165) is 86.8 Å². The number of nitrogens with zero attached hydrogens (tertiary/aromatic N) is 4. The summed E-state index contributed by atoms with van der Waals surface area (Å²) in [7, 11) is 0. The number of rotatable bonds is 9. The molecule has 0 saturated carbocycles. The van der Waals surface area contributed by atoms with Crippen molar-refractivity contribution >= 4 is 22.5 Å². The number of benzene rings is 2. The molecule has 2 aliphatic heterocycles. The third-order valence-corrected chi connectivity index (χ3v) is 7.70. The predicted molar refractivity (Wildman–Crippen MR) is 156 cm³/mol. The number of para-hydroxylation sites is 1. The Kier molecular flexibility index (Phi) is 8.96. The van der Waals surface area contributed by atoms with E-state index < -0.39 is 0 Å². The van der Waals surface area contributed by atoms with Gasteiger partial charge in [0.15, 0.2) is 0 Å². The molecule has 39 heavy (non-hydrogen) atoms. The topological polar surface area (TPSA) is 73.4 Å². The van der Waals surface area contributed by atoms with Crippen LogP contribution >= 0.6 is 0 Å². The molecule has 2 aliphatic rings. The van der Waals surface area contributed by atoms with Crippen molar-refractivity contribution in [1.82, 2.24) is 19.7 Å². The van der Waals surface area contributed by atoms with E-state index in [-0.39, 0.29) is 11.9 Å². The molecule has 0 radical (unpaired) electrons. The highest BCUT2D eigenvalue weighted by Gasteiger charge is 2.32. The smallest absolute Gasteiger partial charge is 0.254 e. The monoisotopic (exact) mass is 531 g/mol. The molecule has 2 fully saturated rings. The second-order valence-electron chi connectivity index (χ2n) is 10.9. The molecule has 8 heteroatoms. The number of amides is 1. The van der Waals surface area contributed by atoms with E-state index in [9.17, 15) is 4.79 Å². The second kappa shape index (κ2) is 12.8. The maximum Gasteiger partial charge on any atom is 0.254 e. The van der Waals surface area contributed by atoms with Crippen molar-refractivity contribution in [3.05, 3.63) is 70.9 Å². The summed E-state index contributed by atoms with van der Waals surface area (Å²) in [6, 6.07) is 14.6. The summed E-state index contributed by atoms with van der Waals surface area (Å²) < 4.78 is 5.41. The number of morpholine rings is 1. The molecule has 0 unspecified atom stereocenters. The highest BCUT2D eigenvalue weighted by molar-refractivity contribution is 5.95. The van der Waals surface area contributed by atoms with Crippen molar-refractivity contribution < 1.29 is 14.4 Å². The lowest BCUT2D eigenvalue weighted by atomic mass is 9.99. The number of carbonyl (C=O) groups is 1. The Balaban J connectivity index is 1.26. The fourth-order valence-electron chi connectivity index (χ4n) is 5.83. The molecular formula is C31H41N5O3. The van der Waals surface area contributed by atoms with Gasteiger partial charge in [-0.25, -0.2) is 0 Å². The molecule has 0 spiro atoms. The number of aryl methyl sites for hydroxylation is 2. The van der Waals surface area contributed by atoms with Crippen LogP contribution < -0.4 is 0 Å². The van der Waals surface area contributed by atoms with Crippen LogP contribution in [0.5, 0.6) is 0 Å². The van der Waals surface area contributed by atoms with Gasteiger partial charge in [0.25, 0.3) is 5.91 Å². The molecule has 3 heterocycles.